The molecule has 0 aliphatic carbocycles. The Balaban J connectivity index is 1.81. The lowest BCUT2D eigenvalue weighted by Crippen LogP contribution is -2.60. The Labute approximate surface area is 184 Å². The van der Waals surface area contributed by atoms with Gasteiger partial charge in [0.15, 0.2) is 0 Å². The smallest absolute Gasteiger partial charge is 0.312 e. The van der Waals surface area contributed by atoms with Gasteiger partial charge in [-0.3, -0.25) is 24.8 Å². The van der Waals surface area contributed by atoms with Gasteiger partial charge < -0.3 is 25.8 Å². The minimum absolute atomic E-state index is 0.0393. The Bertz CT molecular complexity index is 996. The molecule has 1 aromatic heterocycles. The lowest BCUT2D eigenvalue weighted by molar-refractivity contribution is -0.157. The fourth-order valence-corrected chi connectivity index (χ4v) is 3.91. The molecule has 2 amide bonds. The van der Waals surface area contributed by atoms with Crippen LogP contribution in [0.5, 0.6) is 5.75 Å². The number of nitrogens with zero attached hydrogens (tertiary/aromatic N) is 2. The van der Waals surface area contributed by atoms with Gasteiger partial charge in [0.25, 0.3) is 0 Å². The Morgan fingerprint density at radius 3 is 2.53 bits per heavy atom. The summed E-state index contributed by atoms with van der Waals surface area (Å²) in [4.78, 5) is 42.0. The third kappa shape index (κ3) is 5.02. The van der Waals surface area contributed by atoms with Crippen LogP contribution in [0.15, 0.2) is 48.8 Å². The number of rotatable bonds is 10. The van der Waals surface area contributed by atoms with Crippen LogP contribution < -0.4 is 15.8 Å². The summed E-state index contributed by atoms with van der Waals surface area (Å²) in [5.41, 5.74) is 5.41. The summed E-state index contributed by atoms with van der Waals surface area (Å²) in [5, 5.41) is 19.6. The molecule has 0 spiro atoms. The molecule has 1 unspecified atom stereocenters. The van der Waals surface area contributed by atoms with E-state index in [0.29, 0.717) is 23.3 Å². The van der Waals surface area contributed by atoms with Crippen LogP contribution in [-0.4, -0.2) is 58.3 Å². The SMILES string of the molecule is N=C(N)c1ccc(OCCCC(CC(=O)O)(c2ccncc2)N2CCNC(=O)C2=O)cc1. The Hall–Kier alpha value is -3.95. The second-order valence-corrected chi connectivity index (χ2v) is 7.44. The van der Waals surface area contributed by atoms with E-state index < -0.39 is 23.3 Å². The number of carboxylic acids is 1. The van der Waals surface area contributed by atoms with Crippen LogP contribution in [0.25, 0.3) is 0 Å². The van der Waals surface area contributed by atoms with Crippen molar-refractivity contribution in [2.75, 3.05) is 19.7 Å². The van der Waals surface area contributed by atoms with Crippen LogP contribution in [-0.2, 0) is 19.9 Å². The number of ether oxygens (including phenoxy) is 1. The minimum Gasteiger partial charge on any atom is -0.494 e. The third-order valence-corrected chi connectivity index (χ3v) is 5.41. The van der Waals surface area contributed by atoms with Gasteiger partial charge in [-0.15, -0.1) is 0 Å². The molecule has 32 heavy (non-hydrogen) atoms. The number of piperazine rings is 1. The number of amides is 2. The van der Waals surface area contributed by atoms with E-state index in [9.17, 15) is 19.5 Å². The van der Waals surface area contributed by atoms with Gasteiger partial charge in [0.2, 0.25) is 0 Å². The normalized spacial score (nSPS) is 15.6. The number of hydrogen-bond donors (Lipinski definition) is 4. The van der Waals surface area contributed by atoms with E-state index in [-0.39, 0.29) is 38.4 Å². The number of carbonyl (C=O) groups excluding carboxylic acids is 2. The molecule has 2 aromatic rings. The number of nitrogens with one attached hydrogen (secondary N) is 2. The lowest BCUT2D eigenvalue weighted by Gasteiger charge is -2.45. The standard InChI is InChI=1S/C22H25N5O5/c23-19(24)15-2-4-17(5-3-15)32-13-1-8-22(14-18(28)29,16-6-9-25-10-7-16)27-12-11-26-20(30)21(27)31/h2-7,9-10H,1,8,11-14H2,(H3,23,24)(H,26,30)(H,28,29). The topological polar surface area (TPSA) is 159 Å². The molecular weight excluding hydrogens is 414 g/mol. The second-order valence-electron chi connectivity index (χ2n) is 7.44. The van der Waals surface area contributed by atoms with E-state index >= 15 is 0 Å². The van der Waals surface area contributed by atoms with Gasteiger partial charge in [0, 0.05) is 31.0 Å². The highest BCUT2D eigenvalue weighted by atomic mass is 16.5. The first-order valence-electron chi connectivity index (χ1n) is 10.1. The fraction of sp³-hybridized carbons (Fsp3) is 0.318. The lowest BCUT2D eigenvalue weighted by atomic mass is 9.80. The summed E-state index contributed by atoms with van der Waals surface area (Å²) in [6, 6.07) is 10.1. The highest BCUT2D eigenvalue weighted by molar-refractivity contribution is 6.35. The number of aliphatic carboxylic acids is 1. The summed E-state index contributed by atoms with van der Waals surface area (Å²) in [6.45, 7) is 0.712. The molecule has 10 heteroatoms. The zero-order valence-corrected chi connectivity index (χ0v) is 17.4. The summed E-state index contributed by atoms with van der Waals surface area (Å²) in [5.74, 6) is -2.04. The molecule has 1 aromatic carbocycles. The first-order chi connectivity index (χ1) is 15.3. The summed E-state index contributed by atoms with van der Waals surface area (Å²) >= 11 is 0. The molecule has 3 rings (SSSR count). The number of carboxylic acid groups (broad SMARTS) is 1. The third-order valence-electron chi connectivity index (χ3n) is 5.41. The molecule has 0 radical (unpaired) electrons. The first kappa shape index (κ1) is 22.7. The van der Waals surface area contributed by atoms with E-state index in [1.54, 1.807) is 36.4 Å². The number of pyridine rings is 1. The molecule has 168 valence electrons. The maximum Gasteiger partial charge on any atom is 0.312 e. The van der Waals surface area contributed by atoms with Gasteiger partial charge in [-0.2, -0.15) is 0 Å². The average molecular weight is 439 g/mol. The van der Waals surface area contributed by atoms with Crippen LogP contribution in [0, 0.1) is 5.41 Å². The second kappa shape index (κ2) is 9.90. The maximum atomic E-state index is 12.7. The molecule has 1 fully saturated rings. The van der Waals surface area contributed by atoms with Crippen molar-refractivity contribution in [1.82, 2.24) is 15.2 Å². The van der Waals surface area contributed by atoms with Crippen molar-refractivity contribution in [1.29, 1.82) is 5.41 Å². The maximum absolute atomic E-state index is 12.7. The average Bonchev–Trinajstić information content (AvgIpc) is 2.78. The quantitative estimate of drug-likeness (QED) is 0.185. The van der Waals surface area contributed by atoms with E-state index in [1.165, 1.54) is 17.3 Å². The number of nitrogens with two attached hydrogens (primary N) is 1. The van der Waals surface area contributed by atoms with E-state index in [1.807, 2.05) is 0 Å². The summed E-state index contributed by atoms with van der Waals surface area (Å²) < 4.78 is 5.76. The first-order valence-corrected chi connectivity index (χ1v) is 10.1. The van der Waals surface area contributed by atoms with Gasteiger partial charge >= 0.3 is 17.8 Å². The molecule has 0 saturated carbocycles. The van der Waals surface area contributed by atoms with Crippen molar-refractivity contribution in [2.24, 2.45) is 5.73 Å². The zero-order valence-electron chi connectivity index (χ0n) is 17.4. The largest absolute Gasteiger partial charge is 0.494 e. The molecule has 1 saturated heterocycles. The van der Waals surface area contributed by atoms with E-state index in [0.717, 1.165) is 0 Å². The van der Waals surface area contributed by atoms with E-state index in [4.69, 9.17) is 15.9 Å². The van der Waals surface area contributed by atoms with Gasteiger partial charge in [0.05, 0.1) is 18.6 Å². The van der Waals surface area contributed by atoms with Crippen molar-refractivity contribution in [3.63, 3.8) is 0 Å². The van der Waals surface area contributed by atoms with Crippen LogP contribution in [0.1, 0.15) is 30.4 Å². The predicted molar refractivity (Wildman–Crippen MR) is 115 cm³/mol. The number of benzene rings is 1. The Kier molecular flexibility index (Phi) is 7.04. The molecule has 1 atom stereocenters. The Morgan fingerprint density at radius 2 is 1.91 bits per heavy atom. The van der Waals surface area contributed by atoms with Gasteiger partial charge in [-0.25, -0.2) is 0 Å². The molecule has 2 heterocycles. The molecule has 1 aliphatic heterocycles. The molecule has 10 nitrogen and oxygen atoms in total. The predicted octanol–water partition coefficient (Wildman–Crippen LogP) is 0.853. The zero-order chi connectivity index (χ0) is 23.1. The van der Waals surface area contributed by atoms with Crippen molar-refractivity contribution in [3.05, 3.63) is 59.9 Å². The molecule has 5 N–H and O–H groups in total. The van der Waals surface area contributed by atoms with Crippen LogP contribution in [0.3, 0.4) is 0 Å². The minimum atomic E-state index is -1.22. The van der Waals surface area contributed by atoms with Crippen molar-refractivity contribution in [2.45, 2.75) is 24.8 Å². The van der Waals surface area contributed by atoms with Crippen molar-refractivity contribution >= 4 is 23.6 Å². The molecular formula is C22H25N5O5. The monoisotopic (exact) mass is 439 g/mol. The van der Waals surface area contributed by atoms with Crippen LogP contribution >= 0.6 is 0 Å². The highest BCUT2D eigenvalue weighted by Gasteiger charge is 2.45. The summed E-state index contributed by atoms with van der Waals surface area (Å²) in [6.07, 6.45) is 3.41. The number of aromatic nitrogens is 1. The fourth-order valence-electron chi connectivity index (χ4n) is 3.91. The highest BCUT2D eigenvalue weighted by Crippen LogP contribution is 2.37. The summed E-state index contributed by atoms with van der Waals surface area (Å²) in [7, 11) is 0. The number of carbonyl (C=O) groups is 3. The van der Waals surface area contributed by atoms with Gasteiger partial charge in [0.1, 0.15) is 11.6 Å². The van der Waals surface area contributed by atoms with Gasteiger partial charge in [-0.1, -0.05) is 0 Å². The van der Waals surface area contributed by atoms with Crippen LogP contribution in [0.4, 0.5) is 0 Å². The number of hydrogen-bond acceptors (Lipinski definition) is 6. The van der Waals surface area contributed by atoms with Crippen LogP contribution in [0.2, 0.25) is 0 Å². The van der Waals surface area contributed by atoms with Crippen molar-refractivity contribution < 1.29 is 24.2 Å². The van der Waals surface area contributed by atoms with Crippen molar-refractivity contribution in [3.8, 4) is 5.75 Å². The molecule has 0 bridgehead atoms. The number of nitrogen functional groups attached to an aromatic ring is 1. The molecule has 1 aliphatic rings. The Morgan fingerprint density at radius 1 is 1.22 bits per heavy atom. The van der Waals surface area contributed by atoms with E-state index in [2.05, 4.69) is 10.3 Å². The van der Waals surface area contributed by atoms with Gasteiger partial charge in [-0.05, 0) is 54.8 Å². The number of amidine groups is 1.